The Bertz CT molecular complexity index is 630. The average molecular weight is 356 g/mol. The smallest absolute Gasteiger partial charge is 0.191 e. The van der Waals surface area contributed by atoms with Crippen LogP contribution in [0.2, 0.25) is 0 Å². The summed E-state index contributed by atoms with van der Waals surface area (Å²) < 4.78 is 27.7. The third-order valence-electron chi connectivity index (χ3n) is 3.37. The zero-order chi connectivity index (χ0) is 18.0. The molecule has 0 fully saturated rings. The molecule has 0 aliphatic carbocycles. The number of hydrogen-bond acceptors (Lipinski definition) is 4. The van der Waals surface area contributed by atoms with E-state index in [1.807, 2.05) is 32.0 Å². The molecule has 1 aromatic rings. The van der Waals surface area contributed by atoms with Gasteiger partial charge in [-0.2, -0.15) is 0 Å². The van der Waals surface area contributed by atoms with Crippen molar-refractivity contribution in [2.24, 2.45) is 4.99 Å². The maximum Gasteiger partial charge on any atom is 0.191 e. The summed E-state index contributed by atoms with van der Waals surface area (Å²) in [4.78, 5) is 4.57. The summed E-state index contributed by atoms with van der Waals surface area (Å²) in [5, 5.41) is 6.44. The van der Waals surface area contributed by atoms with Gasteiger partial charge in [-0.15, -0.1) is 0 Å². The Morgan fingerprint density at radius 3 is 2.67 bits per heavy atom. The van der Waals surface area contributed by atoms with E-state index in [4.69, 9.17) is 4.74 Å². The second kappa shape index (κ2) is 10.3. The number of benzene rings is 1. The van der Waals surface area contributed by atoms with Gasteiger partial charge in [0.05, 0.1) is 18.9 Å². The molecule has 0 aromatic heterocycles. The minimum absolute atomic E-state index is 0.0253. The topological polar surface area (TPSA) is 79.8 Å². The van der Waals surface area contributed by atoms with Crippen LogP contribution in [0.15, 0.2) is 29.3 Å². The summed E-state index contributed by atoms with van der Waals surface area (Å²) in [5.41, 5.74) is 2.22. The third-order valence-corrected chi connectivity index (χ3v) is 4.35. The standard InChI is InChI=1S/C17H29N3O3S/c1-5-18-17(20-14(2)9-10-24(4,21)22)19-12-15-7-6-8-16(11-15)13-23-3/h6-8,11,14H,5,9-10,12-13H2,1-4H3,(H2,18,19,20). The molecule has 0 radical (unpaired) electrons. The summed E-state index contributed by atoms with van der Waals surface area (Å²) in [5.74, 6) is 0.857. The zero-order valence-electron chi connectivity index (χ0n) is 15.0. The fourth-order valence-electron chi connectivity index (χ4n) is 2.17. The van der Waals surface area contributed by atoms with Gasteiger partial charge in [0.2, 0.25) is 0 Å². The van der Waals surface area contributed by atoms with E-state index in [1.165, 1.54) is 6.26 Å². The number of guanidine groups is 1. The molecular weight excluding hydrogens is 326 g/mol. The van der Waals surface area contributed by atoms with Gasteiger partial charge in [-0.25, -0.2) is 13.4 Å². The Balaban J connectivity index is 2.66. The van der Waals surface area contributed by atoms with Gasteiger partial charge in [-0.1, -0.05) is 24.3 Å². The van der Waals surface area contributed by atoms with E-state index in [2.05, 4.69) is 21.7 Å². The summed E-state index contributed by atoms with van der Waals surface area (Å²) in [6, 6.07) is 8.14. The lowest BCUT2D eigenvalue weighted by molar-refractivity contribution is 0.185. The summed E-state index contributed by atoms with van der Waals surface area (Å²) in [7, 11) is -1.27. The van der Waals surface area contributed by atoms with Gasteiger partial charge >= 0.3 is 0 Å². The Hall–Kier alpha value is -1.60. The molecule has 0 bridgehead atoms. The van der Waals surface area contributed by atoms with Crippen molar-refractivity contribution in [1.29, 1.82) is 0 Å². The first-order chi connectivity index (χ1) is 11.3. The van der Waals surface area contributed by atoms with Crippen molar-refractivity contribution >= 4 is 15.8 Å². The number of rotatable bonds is 9. The van der Waals surface area contributed by atoms with Crippen LogP contribution in [-0.2, 0) is 27.7 Å². The molecule has 6 nitrogen and oxygen atoms in total. The van der Waals surface area contributed by atoms with E-state index in [1.54, 1.807) is 7.11 Å². The highest BCUT2D eigenvalue weighted by atomic mass is 32.2. The Morgan fingerprint density at radius 1 is 1.33 bits per heavy atom. The molecule has 1 aromatic carbocycles. The van der Waals surface area contributed by atoms with Crippen molar-refractivity contribution in [3.05, 3.63) is 35.4 Å². The Labute approximate surface area is 145 Å². The molecule has 1 unspecified atom stereocenters. The molecular formula is C17H29N3O3S. The first kappa shape index (κ1) is 20.4. The minimum atomic E-state index is -2.94. The fraction of sp³-hybridized carbons (Fsp3) is 0.588. The maximum atomic E-state index is 11.3. The van der Waals surface area contributed by atoms with E-state index in [0.29, 0.717) is 25.5 Å². The molecule has 0 aliphatic heterocycles. The number of nitrogens with zero attached hydrogens (tertiary/aromatic N) is 1. The molecule has 136 valence electrons. The van der Waals surface area contributed by atoms with Crippen molar-refractivity contribution in [1.82, 2.24) is 10.6 Å². The van der Waals surface area contributed by atoms with E-state index in [0.717, 1.165) is 17.7 Å². The van der Waals surface area contributed by atoms with Crippen molar-refractivity contribution in [2.75, 3.05) is 25.7 Å². The SMILES string of the molecule is CCNC(=NCc1cccc(COC)c1)NC(C)CCS(C)(=O)=O. The highest BCUT2D eigenvalue weighted by Crippen LogP contribution is 2.07. The van der Waals surface area contributed by atoms with Crippen LogP contribution in [0.4, 0.5) is 0 Å². The second-order valence-electron chi connectivity index (χ2n) is 5.91. The van der Waals surface area contributed by atoms with Gasteiger partial charge in [0, 0.05) is 26.0 Å². The van der Waals surface area contributed by atoms with Gasteiger partial charge < -0.3 is 15.4 Å². The molecule has 1 atom stereocenters. The number of hydrogen-bond donors (Lipinski definition) is 2. The van der Waals surface area contributed by atoms with Gasteiger partial charge in [0.1, 0.15) is 9.84 Å². The predicted octanol–water partition coefficient (Wildman–Crippen LogP) is 1.71. The van der Waals surface area contributed by atoms with Crippen molar-refractivity contribution < 1.29 is 13.2 Å². The van der Waals surface area contributed by atoms with Gasteiger partial charge in [0.15, 0.2) is 5.96 Å². The summed E-state index contributed by atoms with van der Waals surface area (Å²) >= 11 is 0. The van der Waals surface area contributed by atoms with Gasteiger partial charge in [-0.3, -0.25) is 0 Å². The van der Waals surface area contributed by atoms with Crippen LogP contribution in [0.5, 0.6) is 0 Å². The number of sulfone groups is 1. The van der Waals surface area contributed by atoms with Crippen molar-refractivity contribution in [3.63, 3.8) is 0 Å². The zero-order valence-corrected chi connectivity index (χ0v) is 15.8. The molecule has 1 rings (SSSR count). The fourth-order valence-corrected chi connectivity index (χ4v) is 2.95. The maximum absolute atomic E-state index is 11.3. The molecule has 0 aliphatic rings. The second-order valence-corrected chi connectivity index (χ2v) is 8.17. The van der Waals surface area contributed by atoms with E-state index >= 15 is 0 Å². The molecule has 2 N–H and O–H groups in total. The van der Waals surface area contributed by atoms with Crippen LogP contribution in [0, 0.1) is 0 Å². The van der Waals surface area contributed by atoms with Gasteiger partial charge in [-0.05, 0) is 31.4 Å². The normalized spacial score (nSPS) is 13.6. The lowest BCUT2D eigenvalue weighted by Crippen LogP contribution is -2.42. The monoisotopic (exact) mass is 355 g/mol. The number of methoxy groups -OCH3 is 1. The predicted molar refractivity (Wildman–Crippen MR) is 98.9 cm³/mol. The molecule has 0 spiro atoms. The minimum Gasteiger partial charge on any atom is -0.380 e. The molecule has 0 saturated heterocycles. The van der Waals surface area contributed by atoms with E-state index in [-0.39, 0.29) is 11.8 Å². The van der Waals surface area contributed by atoms with Crippen LogP contribution >= 0.6 is 0 Å². The van der Waals surface area contributed by atoms with E-state index in [9.17, 15) is 8.42 Å². The number of ether oxygens (including phenoxy) is 1. The van der Waals surface area contributed by atoms with Crippen molar-refractivity contribution in [3.8, 4) is 0 Å². The van der Waals surface area contributed by atoms with Crippen LogP contribution in [-0.4, -0.2) is 46.1 Å². The number of aliphatic imine (C=N–C) groups is 1. The molecule has 0 heterocycles. The lowest BCUT2D eigenvalue weighted by Gasteiger charge is -2.17. The first-order valence-corrected chi connectivity index (χ1v) is 10.2. The average Bonchev–Trinajstić information content (AvgIpc) is 2.51. The van der Waals surface area contributed by atoms with Gasteiger partial charge in [0.25, 0.3) is 0 Å². The van der Waals surface area contributed by atoms with Crippen LogP contribution in [0.3, 0.4) is 0 Å². The van der Waals surface area contributed by atoms with Crippen LogP contribution < -0.4 is 10.6 Å². The number of nitrogens with one attached hydrogen (secondary N) is 2. The highest BCUT2D eigenvalue weighted by Gasteiger charge is 2.09. The van der Waals surface area contributed by atoms with Crippen molar-refractivity contribution in [2.45, 2.75) is 39.5 Å². The first-order valence-electron chi connectivity index (χ1n) is 8.13. The molecule has 7 heteroatoms. The molecule has 0 saturated carbocycles. The third kappa shape index (κ3) is 8.88. The molecule has 0 amide bonds. The van der Waals surface area contributed by atoms with Crippen LogP contribution in [0.1, 0.15) is 31.4 Å². The quantitative estimate of drug-likeness (QED) is 0.521. The Kier molecular flexibility index (Phi) is 8.78. The summed E-state index contributed by atoms with van der Waals surface area (Å²) in [6.45, 7) is 5.83. The largest absolute Gasteiger partial charge is 0.380 e. The highest BCUT2D eigenvalue weighted by molar-refractivity contribution is 7.90. The summed E-state index contributed by atoms with van der Waals surface area (Å²) in [6.07, 6.45) is 1.80. The Morgan fingerprint density at radius 2 is 2.04 bits per heavy atom. The lowest BCUT2D eigenvalue weighted by atomic mass is 10.1. The van der Waals surface area contributed by atoms with E-state index < -0.39 is 9.84 Å². The molecule has 24 heavy (non-hydrogen) atoms. The van der Waals surface area contributed by atoms with Crippen LogP contribution in [0.25, 0.3) is 0 Å².